The number of benzene rings is 1. The molecule has 0 aliphatic heterocycles. The first kappa shape index (κ1) is 13.5. The van der Waals surface area contributed by atoms with Gasteiger partial charge in [-0.1, -0.05) is 12.1 Å². The number of hydrogen-bond acceptors (Lipinski definition) is 3. The molecule has 0 saturated heterocycles. The summed E-state index contributed by atoms with van der Waals surface area (Å²) < 4.78 is 5.59. The van der Waals surface area contributed by atoms with Gasteiger partial charge in [-0.25, -0.2) is 4.79 Å². The topological polar surface area (TPSA) is 29.5 Å². The normalized spacial score (nSPS) is 10.1. The van der Waals surface area contributed by atoms with E-state index in [0.717, 1.165) is 24.3 Å². The predicted molar refractivity (Wildman–Crippen MR) is 69.9 cm³/mol. The predicted octanol–water partition coefficient (Wildman–Crippen LogP) is 2.25. The molecule has 0 spiro atoms. The van der Waals surface area contributed by atoms with Crippen LogP contribution in [0.5, 0.6) is 5.75 Å². The summed E-state index contributed by atoms with van der Waals surface area (Å²) in [6.45, 7) is 3.48. The molecule has 3 heteroatoms. The Morgan fingerprint density at radius 1 is 1.29 bits per heavy atom. The zero-order valence-electron chi connectivity index (χ0n) is 10.7. The van der Waals surface area contributed by atoms with Gasteiger partial charge in [-0.3, -0.25) is 0 Å². The summed E-state index contributed by atoms with van der Waals surface area (Å²) in [6, 6.07) is 7.51. The van der Waals surface area contributed by atoms with E-state index in [9.17, 15) is 4.79 Å². The van der Waals surface area contributed by atoms with E-state index in [2.05, 4.69) is 4.90 Å². The maximum atomic E-state index is 10.5. The molecule has 92 valence electrons. The van der Waals surface area contributed by atoms with Crippen molar-refractivity contribution < 1.29 is 9.53 Å². The lowest BCUT2D eigenvalue weighted by Gasteiger charge is -2.10. The Morgan fingerprint density at radius 2 is 1.94 bits per heavy atom. The Kier molecular flexibility index (Phi) is 5.47. The van der Waals surface area contributed by atoms with Crippen molar-refractivity contribution in [1.82, 2.24) is 4.90 Å². The van der Waals surface area contributed by atoms with Crippen molar-refractivity contribution in [2.75, 3.05) is 27.2 Å². The van der Waals surface area contributed by atoms with Gasteiger partial charge in [0, 0.05) is 12.1 Å². The largest absolute Gasteiger partial charge is 0.494 e. The molecule has 17 heavy (non-hydrogen) atoms. The second-order valence-electron chi connectivity index (χ2n) is 4.26. The summed E-state index contributed by atoms with van der Waals surface area (Å²) in [5, 5.41) is 0. The smallest absolute Gasteiger partial charge is 0.128 e. The SMILES string of the molecule is CC(=C=O)c1ccc(OCCCN(C)C)cc1. The van der Waals surface area contributed by atoms with E-state index < -0.39 is 0 Å². The van der Waals surface area contributed by atoms with Gasteiger partial charge in [0.1, 0.15) is 11.7 Å². The highest BCUT2D eigenvalue weighted by molar-refractivity contribution is 5.86. The monoisotopic (exact) mass is 233 g/mol. The fourth-order valence-corrected chi connectivity index (χ4v) is 1.43. The fraction of sp³-hybridized carbons (Fsp3) is 0.429. The van der Waals surface area contributed by atoms with Crippen LogP contribution in [-0.2, 0) is 4.79 Å². The van der Waals surface area contributed by atoms with Crippen LogP contribution >= 0.6 is 0 Å². The van der Waals surface area contributed by atoms with Crippen LogP contribution in [0, 0.1) is 0 Å². The van der Waals surface area contributed by atoms with E-state index >= 15 is 0 Å². The molecule has 0 aliphatic rings. The van der Waals surface area contributed by atoms with Crippen molar-refractivity contribution >= 4 is 11.5 Å². The van der Waals surface area contributed by atoms with Crippen LogP contribution in [0.3, 0.4) is 0 Å². The first-order chi connectivity index (χ1) is 8.13. The van der Waals surface area contributed by atoms with E-state index in [1.165, 1.54) is 0 Å². The third kappa shape index (κ3) is 4.85. The summed E-state index contributed by atoms with van der Waals surface area (Å²) in [7, 11) is 4.09. The molecule has 1 rings (SSSR count). The molecule has 0 amide bonds. The van der Waals surface area contributed by atoms with E-state index in [-0.39, 0.29) is 0 Å². The van der Waals surface area contributed by atoms with Crippen molar-refractivity contribution in [3.8, 4) is 5.75 Å². The number of nitrogens with zero attached hydrogens (tertiary/aromatic N) is 1. The molecule has 3 nitrogen and oxygen atoms in total. The van der Waals surface area contributed by atoms with Crippen LogP contribution in [0.2, 0.25) is 0 Å². The van der Waals surface area contributed by atoms with Crippen molar-refractivity contribution in [2.45, 2.75) is 13.3 Å². The molecular formula is C14H19NO2. The summed E-state index contributed by atoms with van der Waals surface area (Å²) in [4.78, 5) is 12.6. The average Bonchev–Trinajstić information content (AvgIpc) is 2.34. The average molecular weight is 233 g/mol. The first-order valence-electron chi connectivity index (χ1n) is 5.73. The first-order valence-corrected chi connectivity index (χ1v) is 5.73. The number of ether oxygens (including phenoxy) is 1. The molecule has 1 aromatic carbocycles. The van der Waals surface area contributed by atoms with Gasteiger partial charge in [0.05, 0.1) is 6.61 Å². The Morgan fingerprint density at radius 3 is 2.47 bits per heavy atom. The molecule has 0 bridgehead atoms. The van der Waals surface area contributed by atoms with Gasteiger partial charge in [-0.15, -0.1) is 0 Å². The van der Waals surface area contributed by atoms with Crippen LogP contribution < -0.4 is 4.74 Å². The molecule has 0 aromatic heterocycles. The van der Waals surface area contributed by atoms with Gasteiger partial charge < -0.3 is 9.64 Å². The zero-order valence-corrected chi connectivity index (χ0v) is 10.7. The minimum absolute atomic E-state index is 0.615. The van der Waals surface area contributed by atoms with Crippen LogP contribution in [0.4, 0.5) is 0 Å². The molecule has 1 aromatic rings. The minimum Gasteiger partial charge on any atom is -0.494 e. The molecule has 0 fully saturated rings. The van der Waals surface area contributed by atoms with Crippen molar-refractivity contribution in [3.63, 3.8) is 0 Å². The molecule has 0 radical (unpaired) electrons. The number of rotatable bonds is 6. The second kappa shape index (κ2) is 6.89. The lowest BCUT2D eigenvalue weighted by Crippen LogP contribution is -2.15. The van der Waals surface area contributed by atoms with Gasteiger partial charge in [-0.05, 0) is 45.1 Å². The molecule has 0 saturated carbocycles. The van der Waals surface area contributed by atoms with E-state index in [1.807, 2.05) is 44.3 Å². The van der Waals surface area contributed by atoms with Crippen molar-refractivity contribution in [2.24, 2.45) is 0 Å². The minimum atomic E-state index is 0.615. The van der Waals surface area contributed by atoms with Crippen LogP contribution in [-0.4, -0.2) is 38.1 Å². The third-order valence-electron chi connectivity index (χ3n) is 2.46. The maximum Gasteiger partial charge on any atom is 0.128 e. The van der Waals surface area contributed by atoms with E-state index in [0.29, 0.717) is 12.2 Å². The highest BCUT2D eigenvalue weighted by Crippen LogP contribution is 2.16. The van der Waals surface area contributed by atoms with Crippen molar-refractivity contribution in [3.05, 3.63) is 29.8 Å². The second-order valence-corrected chi connectivity index (χ2v) is 4.26. The van der Waals surface area contributed by atoms with Gasteiger partial charge >= 0.3 is 0 Å². The zero-order chi connectivity index (χ0) is 12.7. The van der Waals surface area contributed by atoms with Crippen molar-refractivity contribution in [1.29, 1.82) is 0 Å². The molecule has 0 N–H and O–H groups in total. The summed E-state index contributed by atoms with van der Waals surface area (Å²) in [5.74, 6) is 2.72. The Labute approximate surface area is 103 Å². The van der Waals surface area contributed by atoms with Crippen LogP contribution in [0.1, 0.15) is 18.9 Å². The van der Waals surface area contributed by atoms with Gasteiger partial charge in [0.2, 0.25) is 0 Å². The third-order valence-corrected chi connectivity index (χ3v) is 2.46. The Bertz CT molecular complexity index is 389. The molecule has 0 heterocycles. The summed E-state index contributed by atoms with van der Waals surface area (Å²) in [5.41, 5.74) is 1.50. The highest BCUT2D eigenvalue weighted by Gasteiger charge is 1.98. The van der Waals surface area contributed by atoms with Gasteiger partial charge in [-0.2, -0.15) is 0 Å². The molecule has 0 atom stereocenters. The van der Waals surface area contributed by atoms with E-state index in [4.69, 9.17) is 4.74 Å². The maximum absolute atomic E-state index is 10.5. The quantitative estimate of drug-likeness (QED) is 0.557. The molecular weight excluding hydrogens is 214 g/mol. The summed E-state index contributed by atoms with van der Waals surface area (Å²) in [6.07, 6.45) is 1.00. The standard InChI is InChI=1S/C14H19NO2/c1-12(11-16)13-5-7-14(8-6-13)17-10-4-9-15(2)3/h5-8H,4,9-10H2,1-3H3. The number of allylic oxidation sites excluding steroid dienone is 1. The Hall–Kier alpha value is -1.57. The lowest BCUT2D eigenvalue weighted by molar-refractivity contribution is 0.281. The fourth-order valence-electron chi connectivity index (χ4n) is 1.43. The number of hydrogen-bond donors (Lipinski definition) is 0. The summed E-state index contributed by atoms with van der Waals surface area (Å²) >= 11 is 0. The molecule has 0 aliphatic carbocycles. The molecule has 0 unspecified atom stereocenters. The van der Waals surface area contributed by atoms with Gasteiger partial charge in [0.15, 0.2) is 0 Å². The van der Waals surface area contributed by atoms with Crippen LogP contribution in [0.25, 0.3) is 5.57 Å². The Balaban J connectivity index is 2.43. The lowest BCUT2D eigenvalue weighted by atomic mass is 10.1. The van der Waals surface area contributed by atoms with Crippen LogP contribution in [0.15, 0.2) is 24.3 Å². The van der Waals surface area contributed by atoms with E-state index in [1.54, 1.807) is 6.92 Å². The highest BCUT2D eigenvalue weighted by atomic mass is 16.5. The number of carbonyl (C=O) groups excluding carboxylic acids is 1. The van der Waals surface area contributed by atoms with Gasteiger partial charge in [0.25, 0.3) is 0 Å².